The van der Waals surface area contributed by atoms with Crippen LogP contribution in [0.4, 0.5) is 4.39 Å². The normalized spacial score (nSPS) is 27.1. The molecule has 5 heteroatoms. The largest absolute Gasteiger partial charge is 0.488 e. The lowest BCUT2D eigenvalue weighted by molar-refractivity contribution is 0.0971. The van der Waals surface area contributed by atoms with Crippen LogP contribution >= 0.6 is 0 Å². The number of halogens is 1. The Bertz CT molecular complexity index is 429. The first-order valence-electron chi connectivity index (χ1n) is 6.78. The molecule has 1 aliphatic carbocycles. The van der Waals surface area contributed by atoms with Crippen molar-refractivity contribution in [3.8, 4) is 5.75 Å². The first-order valence-corrected chi connectivity index (χ1v) is 6.78. The third-order valence-electron chi connectivity index (χ3n) is 3.68. The molecule has 1 saturated carbocycles. The van der Waals surface area contributed by atoms with Crippen LogP contribution in [-0.2, 0) is 0 Å². The highest BCUT2D eigenvalue weighted by atomic mass is 19.1. The SMILES string of the molecule is CC1CC(C)CC(Oc2cc(B(O)O)ccc2F)C1. The van der Waals surface area contributed by atoms with Gasteiger partial charge in [0.15, 0.2) is 11.6 Å². The summed E-state index contributed by atoms with van der Waals surface area (Å²) in [5.74, 6) is 0.791. The molecule has 104 valence electrons. The van der Waals surface area contributed by atoms with Crippen LogP contribution < -0.4 is 10.2 Å². The molecule has 0 amide bonds. The molecule has 0 heterocycles. The van der Waals surface area contributed by atoms with Gasteiger partial charge in [-0.2, -0.15) is 0 Å². The number of benzene rings is 1. The van der Waals surface area contributed by atoms with Crippen molar-refractivity contribution in [3.63, 3.8) is 0 Å². The van der Waals surface area contributed by atoms with Crippen LogP contribution in [0.1, 0.15) is 33.1 Å². The van der Waals surface area contributed by atoms with Gasteiger partial charge >= 0.3 is 7.12 Å². The van der Waals surface area contributed by atoms with Crippen LogP contribution in [0.15, 0.2) is 18.2 Å². The summed E-state index contributed by atoms with van der Waals surface area (Å²) in [4.78, 5) is 0. The number of rotatable bonds is 3. The molecule has 2 rings (SSSR count). The van der Waals surface area contributed by atoms with E-state index < -0.39 is 12.9 Å². The van der Waals surface area contributed by atoms with E-state index in [1.165, 1.54) is 24.6 Å². The van der Waals surface area contributed by atoms with E-state index in [0.29, 0.717) is 11.8 Å². The molecule has 0 spiro atoms. The Morgan fingerprint density at radius 3 is 2.37 bits per heavy atom. The maximum Gasteiger partial charge on any atom is 0.488 e. The first-order chi connectivity index (χ1) is 8.95. The van der Waals surface area contributed by atoms with Crippen LogP contribution in [0.3, 0.4) is 0 Å². The summed E-state index contributed by atoms with van der Waals surface area (Å²) in [6.45, 7) is 4.35. The number of hydrogen-bond donors (Lipinski definition) is 2. The van der Waals surface area contributed by atoms with E-state index in [1.807, 2.05) is 0 Å². The summed E-state index contributed by atoms with van der Waals surface area (Å²) < 4.78 is 19.4. The summed E-state index contributed by atoms with van der Waals surface area (Å²) in [6, 6.07) is 3.92. The summed E-state index contributed by atoms with van der Waals surface area (Å²) in [5.41, 5.74) is 0.244. The van der Waals surface area contributed by atoms with Crippen LogP contribution in [0, 0.1) is 17.7 Å². The summed E-state index contributed by atoms with van der Waals surface area (Å²) in [6.07, 6.45) is 3.00. The maximum absolute atomic E-state index is 13.7. The van der Waals surface area contributed by atoms with E-state index in [1.54, 1.807) is 0 Å². The molecule has 1 aliphatic rings. The van der Waals surface area contributed by atoms with Crippen molar-refractivity contribution in [3.05, 3.63) is 24.0 Å². The standard InChI is InChI=1S/C14H20BFO3/c1-9-5-10(2)7-12(6-9)19-14-8-11(15(17)18)3-4-13(14)16/h3-4,8-10,12,17-18H,5-7H2,1-2H3. The Morgan fingerprint density at radius 2 is 1.79 bits per heavy atom. The van der Waals surface area contributed by atoms with E-state index >= 15 is 0 Å². The zero-order valence-corrected chi connectivity index (χ0v) is 11.3. The first kappa shape index (κ1) is 14.3. The minimum absolute atomic E-state index is 0.000615. The Balaban J connectivity index is 2.11. The summed E-state index contributed by atoms with van der Waals surface area (Å²) >= 11 is 0. The van der Waals surface area contributed by atoms with Crippen LogP contribution in [-0.4, -0.2) is 23.3 Å². The maximum atomic E-state index is 13.7. The van der Waals surface area contributed by atoms with E-state index in [4.69, 9.17) is 14.8 Å². The molecule has 1 fully saturated rings. The van der Waals surface area contributed by atoms with Crippen molar-refractivity contribution in [2.45, 2.75) is 39.2 Å². The van der Waals surface area contributed by atoms with E-state index in [0.717, 1.165) is 12.8 Å². The highest BCUT2D eigenvalue weighted by Crippen LogP contribution is 2.31. The zero-order chi connectivity index (χ0) is 14.0. The lowest BCUT2D eigenvalue weighted by Crippen LogP contribution is -2.32. The second-order valence-electron chi connectivity index (χ2n) is 5.72. The molecule has 0 aromatic heterocycles. The minimum atomic E-state index is -1.60. The highest BCUT2D eigenvalue weighted by molar-refractivity contribution is 6.58. The van der Waals surface area contributed by atoms with Crippen molar-refractivity contribution in [2.24, 2.45) is 11.8 Å². The molecule has 0 bridgehead atoms. The molecule has 1 aromatic carbocycles. The molecular weight excluding hydrogens is 246 g/mol. The number of hydrogen-bond acceptors (Lipinski definition) is 3. The van der Waals surface area contributed by atoms with E-state index in [-0.39, 0.29) is 17.3 Å². The van der Waals surface area contributed by atoms with Crippen molar-refractivity contribution < 1.29 is 19.2 Å². The predicted octanol–water partition coefficient (Wildman–Crippen LogP) is 1.71. The monoisotopic (exact) mass is 266 g/mol. The van der Waals surface area contributed by atoms with Gasteiger partial charge in [-0.3, -0.25) is 0 Å². The molecule has 2 atom stereocenters. The molecule has 1 aromatic rings. The summed E-state index contributed by atoms with van der Waals surface area (Å²) in [5, 5.41) is 18.2. The van der Waals surface area contributed by atoms with Gasteiger partial charge in [0.05, 0.1) is 6.10 Å². The van der Waals surface area contributed by atoms with Crippen molar-refractivity contribution in [2.75, 3.05) is 0 Å². The fourth-order valence-corrected chi connectivity index (χ4v) is 2.92. The quantitative estimate of drug-likeness (QED) is 0.819. The van der Waals surface area contributed by atoms with Gasteiger partial charge in [-0.15, -0.1) is 0 Å². The van der Waals surface area contributed by atoms with Crippen molar-refractivity contribution in [1.29, 1.82) is 0 Å². The fourth-order valence-electron chi connectivity index (χ4n) is 2.92. The lowest BCUT2D eigenvalue weighted by atomic mass is 9.80. The molecule has 0 radical (unpaired) electrons. The van der Waals surface area contributed by atoms with E-state index in [9.17, 15) is 4.39 Å². The topological polar surface area (TPSA) is 49.7 Å². The van der Waals surface area contributed by atoms with Crippen LogP contribution in [0.5, 0.6) is 5.75 Å². The van der Waals surface area contributed by atoms with Crippen molar-refractivity contribution in [1.82, 2.24) is 0 Å². The molecule has 19 heavy (non-hydrogen) atoms. The highest BCUT2D eigenvalue weighted by Gasteiger charge is 2.26. The third kappa shape index (κ3) is 3.70. The van der Waals surface area contributed by atoms with Crippen molar-refractivity contribution >= 4 is 12.6 Å². The Morgan fingerprint density at radius 1 is 1.16 bits per heavy atom. The molecule has 2 unspecified atom stereocenters. The lowest BCUT2D eigenvalue weighted by Gasteiger charge is -2.31. The molecule has 2 N–H and O–H groups in total. The van der Waals surface area contributed by atoms with Gasteiger partial charge in [-0.05, 0) is 48.7 Å². The van der Waals surface area contributed by atoms with Gasteiger partial charge in [0.25, 0.3) is 0 Å². The van der Waals surface area contributed by atoms with E-state index in [2.05, 4.69) is 13.8 Å². The van der Waals surface area contributed by atoms with Gasteiger partial charge in [0, 0.05) is 0 Å². The second-order valence-corrected chi connectivity index (χ2v) is 5.72. The van der Waals surface area contributed by atoms with Crippen LogP contribution in [0.25, 0.3) is 0 Å². The molecular formula is C14H20BFO3. The average Bonchev–Trinajstić information content (AvgIpc) is 2.30. The van der Waals surface area contributed by atoms with Gasteiger partial charge < -0.3 is 14.8 Å². The smallest absolute Gasteiger partial charge is 0.487 e. The van der Waals surface area contributed by atoms with Gasteiger partial charge in [-0.1, -0.05) is 19.9 Å². The zero-order valence-electron chi connectivity index (χ0n) is 11.3. The number of ether oxygens (including phenoxy) is 1. The van der Waals surface area contributed by atoms with Crippen LogP contribution in [0.2, 0.25) is 0 Å². The predicted molar refractivity (Wildman–Crippen MR) is 72.8 cm³/mol. The molecule has 0 saturated heterocycles. The summed E-state index contributed by atoms with van der Waals surface area (Å²) in [7, 11) is -1.60. The minimum Gasteiger partial charge on any atom is -0.487 e. The molecule has 3 nitrogen and oxygen atoms in total. The van der Waals surface area contributed by atoms with Gasteiger partial charge in [0.2, 0.25) is 0 Å². The Hall–Kier alpha value is -1.07. The Kier molecular flexibility index (Phi) is 4.48. The van der Waals surface area contributed by atoms with Gasteiger partial charge in [0.1, 0.15) is 0 Å². The molecule has 0 aliphatic heterocycles. The average molecular weight is 266 g/mol. The third-order valence-corrected chi connectivity index (χ3v) is 3.68. The Labute approximate surface area is 113 Å². The van der Waals surface area contributed by atoms with Gasteiger partial charge in [-0.25, -0.2) is 4.39 Å². The fraction of sp³-hybridized carbons (Fsp3) is 0.571. The second kappa shape index (κ2) is 5.93.